The molecule has 6 nitrogen and oxygen atoms in total. The van der Waals surface area contributed by atoms with Crippen LogP contribution in [0.25, 0.3) is 5.57 Å². The summed E-state index contributed by atoms with van der Waals surface area (Å²) in [6.45, 7) is 1.06. The maximum Gasteiger partial charge on any atom is 0.459 e. The topological polar surface area (TPSA) is 83.1 Å². The van der Waals surface area contributed by atoms with Gasteiger partial charge in [-0.3, -0.25) is 14.5 Å². The average molecular weight is 568 g/mol. The largest absolute Gasteiger partial charge is 0.459 e. The quantitative estimate of drug-likeness (QED) is 0.340. The Morgan fingerprint density at radius 1 is 1.21 bits per heavy atom. The van der Waals surface area contributed by atoms with E-state index in [9.17, 15) is 45.2 Å². The number of carbonyl (C=O) groups excluding carboxylic acids is 1. The maximum absolute atomic E-state index is 14.0. The zero-order valence-electron chi connectivity index (χ0n) is 19.8. The minimum atomic E-state index is -6.32. The lowest BCUT2D eigenvalue weighted by Gasteiger charge is -2.20. The monoisotopic (exact) mass is 567 g/mol. The first-order valence-corrected chi connectivity index (χ1v) is 11.0. The van der Waals surface area contributed by atoms with Crippen LogP contribution in [-0.2, 0) is 19.1 Å². The smallest absolute Gasteiger partial charge is 0.334 e. The number of aryl methyl sites for hydroxylation is 1. The molecule has 0 aliphatic heterocycles. The summed E-state index contributed by atoms with van der Waals surface area (Å²) in [4.78, 5) is 16.6. The molecular weight excluding hydrogens is 550 g/mol. The van der Waals surface area contributed by atoms with Gasteiger partial charge in [0.05, 0.1) is 28.1 Å². The Labute approximate surface area is 215 Å². The lowest BCUT2D eigenvalue weighted by Crippen LogP contribution is -2.36. The maximum atomic E-state index is 14.0. The molecule has 204 valence electrons. The molecular formula is C23H18ClF8N5O. The fraction of sp³-hybridized carbons (Fsp3) is 0.391. The van der Waals surface area contributed by atoms with Crippen LogP contribution in [0.2, 0.25) is 5.02 Å². The first-order chi connectivity index (χ1) is 17.4. The number of rotatable bonds is 6. The number of aliphatic imine (C=N–C) groups is 1. The summed E-state index contributed by atoms with van der Waals surface area (Å²) >= 11 is 6.11. The summed E-state index contributed by atoms with van der Waals surface area (Å²) in [5, 5.41) is 14.6. The van der Waals surface area contributed by atoms with Crippen molar-refractivity contribution in [2.75, 3.05) is 7.05 Å². The first kappa shape index (κ1) is 29.1. The number of benzene rings is 1. The second kappa shape index (κ2) is 9.68. The number of nitrogens with zero attached hydrogens (tertiary/aromatic N) is 4. The first-order valence-electron chi connectivity index (χ1n) is 10.7. The second-order valence-electron chi connectivity index (χ2n) is 8.54. The number of alkyl halides is 8. The van der Waals surface area contributed by atoms with Gasteiger partial charge in [0.1, 0.15) is 11.1 Å². The third-order valence-corrected chi connectivity index (χ3v) is 6.10. The molecule has 1 aliphatic rings. The van der Waals surface area contributed by atoms with Gasteiger partial charge < -0.3 is 5.32 Å². The summed E-state index contributed by atoms with van der Waals surface area (Å²) in [6.07, 6.45) is -10.0. The molecule has 38 heavy (non-hydrogen) atoms. The molecule has 1 amide bonds. The molecule has 0 unspecified atom stereocenters. The van der Waals surface area contributed by atoms with Gasteiger partial charge in [-0.2, -0.15) is 45.5 Å². The third-order valence-electron chi connectivity index (χ3n) is 5.78. The summed E-state index contributed by atoms with van der Waals surface area (Å²) in [7, 11) is 2.05. The average Bonchev–Trinajstić information content (AvgIpc) is 3.47. The molecule has 2 aromatic rings. The van der Waals surface area contributed by atoms with E-state index in [1.54, 1.807) is 0 Å². The molecule has 0 bridgehead atoms. The number of hydrogen-bond acceptors (Lipinski definition) is 4. The van der Waals surface area contributed by atoms with Crippen molar-refractivity contribution in [1.82, 2.24) is 15.1 Å². The number of hydrogen-bond donors (Lipinski definition) is 1. The molecule has 0 atom stereocenters. The van der Waals surface area contributed by atoms with Crippen molar-refractivity contribution < 1.29 is 39.9 Å². The van der Waals surface area contributed by atoms with E-state index >= 15 is 0 Å². The van der Waals surface area contributed by atoms with Gasteiger partial charge in [0.2, 0.25) is 0 Å². The lowest BCUT2D eigenvalue weighted by atomic mass is 9.99. The van der Waals surface area contributed by atoms with Crippen LogP contribution < -0.4 is 5.32 Å². The van der Waals surface area contributed by atoms with Crippen LogP contribution in [0.5, 0.6) is 0 Å². The van der Waals surface area contributed by atoms with Gasteiger partial charge in [-0.1, -0.05) is 17.7 Å². The van der Waals surface area contributed by atoms with Crippen molar-refractivity contribution in [2.45, 2.75) is 43.6 Å². The van der Waals surface area contributed by atoms with Gasteiger partial charge >= 0.3 is 18.3 Å². The zero-order chi connectivity index (χ0) is 28.8. The Balaban J connectivity index is 2.10. The molecule has 3 rings (SSSR count). The number of allylic oxidation sites excluding steroid dienone is 2. The van der Waals surface area contributed by atoms with Gasteiger partial charge in [0.15, 0.2) is 5.69 Å². The van der Waals surface area contributed by atoms with Crippen molar-refractivity contribution in [3.05, 3.63) is 57.4 Å². The van der Waals surface area contributed by atoms with Crippen LogP contribution in [0, 0.1) is 11.3 Å². The highest BCUT2D eigenvalue weighted by Gasteiger charge is 2.64. The number of aromatic nitrogens is 2. The van der Waals surface area contributed by atoms with Gasteiger partial charge in [-0.25, -0.2) is 0 Å². The Bertz CT molecular complexity index is 1380. The van der Waals surface area contributed by atoms with Gasteiger partial charge in [-0.15, -0.1) is 0 Å². The summed E-state index contributed by atoms with van der Waals surface area (Å²) in [5.74, 6) is -6.56. The molecule has 1 saturated carbocycles. The molecule has 1 aliphatic carbocycles. The predicted octanol–water partition coefficient (Wildman–Crippen LogP) is 6.05. The van der Waals surface area contributed by atoms with Crippen molar-refractivity contribution in [3.63, 3.8) is 0 Å². The van der Waals surface area contributed by atoms with Gasteiger partial charge in [-0.05, 0) is 43.5 Å². The molecule has 1 fully saturated rings. The molecule has 0 radical (unpaired) electrons. The van der Waals surface area contributed by atoms with Crippen LogP contribution in [0.4, 0.5) is 35.1 Å². The van der Waals surface area contributed by atoms with Crippen LogP contribution >= 0.6 is 11.6 Å². The van der Waals surface area contributed by atoms with Crippen LogP contribution in [0.3, 0.4) is 0 Å². The van der Waals surface area contributed by atoms with Crippen LogP contribution in [0.1, 0.15) is 52.6 Å². The van der Waals surface area contributed by atoms with Crippen LogP contribution in [-0.4, -0.2) is 40.2 Å². The second-order valence-corrected chi connectivity index (χ2v) is 8.95. The minimum absolute atomic E-state index is 0.00107. The molecule has 1 aromatic heterocycles. The van der Waals surface area contributed by atoms with E-state index in [1.165, 1.54) is 25.2 Å². The van der Waals surface area contributed by atoms with Gasteiger partial charge in [0.25, 0.3) is 5.91 Å². The molecule has 1 heterocycles. The number of carbonyl (C=O) groups is 1. The Morgan fingerprint density at radius 2 is 1.82 bits per heavy atom. The molecule has 1 N–H and O–H groups in total. The number of nitriles is 1. The molecule has 0 spiro atoms. The number of halogens is 9. The molecule has 0 saturated heterocycles. The minimum Gasteiger partial charge on any atom is -0.334 e. The highest BCUT2D eigenvalue weighted by atomic mass is 35.5. The number of amides is 1. The van der Waals surface area contributed by atoms with E-state index in [0.29, 0.717) is 12.8 Å². The van der Waals surface area contributed by atoms with E-state index in [2.05, 4.69) is 15.4 Å². The Kier molecular flexibility index (Phi) is 7.41. The van der Waals surface area contributed by atoms with Crippen molar-refractivity contribution in [1.29, 1.82) is 5.26 Å². The van der Waals surface area contributed by atoms with Crippen LogP contribution in [0.15, 0.2) is 29.3 Å². The molecule has 15 heteroatoms. The third kappa shape index (κ3) is 5.38. The predicted molar refractivity (Wildman–Crippen MR) is 121 cm³/mol. The van der Waals surface area contributed by atoms with E-state index in [-0.39, 0.29) is 32.1 Å². The van der Waals surface area contributed by atoms with E-state index in [0.717, 1.165) is 20.0 Å². The zero-order valence-corrected chi connectivity index (χ0v) is 20.6. The van der Waals surface area contributed by atoms with E-state index < -0.39 is 46.7 Å². The van der Waals surface area contributed by atoms with Gasteiger partial charge in [0, 0.05) is 19.7 Å². The lowest BCUT2D eigenvalue weighted by molar-refractivity contribution is -0.292. The van der Waals surface area contributed by atoms with E-state index in [4.69, 9.17) is 11.6 Å². The summed E-state index contributed by atoms with van der Waals surface area (Å²) in [5.41, 5.74) is -7.11. The Hall–Kier alpha value is -3.47. The highest BCUT2D eigenvalue weighted by Crippen LogP contribution is 2.49. The molecule has 1 aromatic carbocycles. The SMILES string of the molecule is C/N=C(\C=C(/C)c1c(C(F)(F)F)c(C(F)(F)C(F)(F)F)nn1C)c1ccc(Cl)c(C(=O)NC2(C#N)CC2)c1. The van der Waals surface area contributed by atoms with Crippen molar-refractivity contribution in [3.8, 4) is 6.07 Å². The summed E-state index contributed by atoms with van der Waals surface area (Å²) < 4.78 is 108. The normalized spacial score (nSPS) is 16.3. The van der Waals surface area contributed by atoms with Crippen molar-refractivity contribution in [2.24, 2.45) is 12.0 Å². The fourth-order valence-corrected chi connectivity index (χ4v) is 3.89. The summed E-state index contributed by atoms with van der Waals surface area (Å²) in [6, 6.07) is 5.92. The highest BCUT2D eigenvalue weighted by molar-refractivity contribution is 6.34. The Morgan fingerprint density at radius 3 is 2.29 bits per heavy atom. The fourth-order valence-electron chi connectivity index (χ4n) is 3.68. The number of nitrogens with one attached hydrogen (secondary N) is 1. The van der Waals surface area contributed by atoms with Crippen molar-refractivity contribution >= 4 is 28.8 Å². The van der Waals surface area contributed by atoms with E-state index in [1.807, 2.05) is 6.07 Å². The standard InChI is InChI=1S/C23H18ClF8N5O/c1-11(17-16(22(27,28)29)18(36-37(17)3)21(25,26)23(30,31)32)8-15(34-2)12-4-5-14(24)13(9-12)19(38)35-20(10-33)6-7-20/h4-5,8-9H,6-7H2,1-3H3,(H,35,38)/b11-8+,34-15+.